The van der Waals surface area contributed by atoms with Crippen molar-refractivity contribution in [3.63, 3.8) is 0 Å². The first-order valence-corrected chi connectivity index (χ1v) is 9.95. The smallest absolute Gasteiger partial charge is 0.322 e. The normalized spacial score (nSPS) is 13.5. The first kappa shape index (κ1) is 20.8. The van der Waals surface area contributed by atoms with Gasteiger partial charge < -0.3 is 5.32 Å². The Morgan fingerprint density at radius 3 is 2.16 bits per heavy atom. The van der Waals surface area contributed by atoms with Crippen LogP contribution in [0.3, 0.4) is 0 Å². The van der Waals surface area contributed by atoms with Crippen molar-refractivity contribution in [3.05, 3.63) is 76.6 Å². The van der Waals surface area contributed by atoms with E-state index in [9.17, 15) is 22.8 Å². The van der Waals surface area contributed by atoms with Crippen molar-refractivity contribution in [1.29, 1.82) is 0 Å². The molecule has 1 heterocycles. The van der Waals surface area contributed by atoms with E-state index in [4.69, 9.17) is 0 Å². The molecule has 0 radical (unpaired) electrons. The fourth-order valence-corrected chi connectivity index (χ4v) is 3.79. The van der Waals surface area contributed by atoms with Gasteiger partial charge in [0.15, 0.2) is 11.5 Å². The third-order valence-corrected chi connectivity index (χ3v) is 5.37. The van der Waals surface area contributed by atoms with Crippen molar-refractivity contribution in [3.8, 4) is 5.69 Å². The number of fused-ring (bicyclic) bond motifs is 1. The summed E-state index contributed by atoms with van der Waals surface area (Å²) < 4.78 is 41.6. The summed E-state index contributed by atoms with van der Waals surface area (Å²) >= 11 is 0. The van der Waals surface area contributed by atoms with Gasteiger partial charge in [-0.3, -0.25) is 9.59 Å². The van der Waals surface area contributed by atoms with Gasteiger partial charge in [0.25, 0.3) is 5.91 Å². The Morgan fingerprint density at radius 2 is 1.55 bits per heavy atom. The molecular formula is C23H20F3N3O2. The van der Waals surface area contributed by atoms with Crippen LogP contribution in [0.5, 0.6) is 0 Å². The summed E-state index contributed by atoms with van der Waals surface area (Å²) in [6.45, 7) is 1.46. The van der Waals surface area contributed by atoms with Crippen molar-refractivity contribution < 1.29 is 22.8 Å². The number of anilines is 1. The second kappa shape index (κ2) is 8.02. The van der Waals surface area contributed by atoms with Crippen LogP contribution >= 0.6 is 0 Å². The zero-order valence-electron chi connectivity index (χ0n) is 16.8. The second-order valence-electron chi connectivity index (χ2n) is 7.53. The lowest BCUT2D eigenvalue weighted by molar-refractivity contribution is -0.142. The minimum absolute atomic E-state index is 0.0667. The number of amides is 1. The van der Waals surface area contributed by atoms with Gasteiger partial charge in [0.1, 0.15) is 0 Å². The Bertz CT molecular complexity index is 1130. The topological polar surface area (TPSA) is 64.0 Å². The quantitative estimate of drug-likeness (QED) is 0.581. The van der Waals surface area contributed by atoms with Crippen LogP contribution in [0.15, 0.2) is 48.5 Å². The predicted octanol–water partition coefficient (Wildman–Crippen LogP) is 5.22. The van der Waals surface area contributed by atoms with Crippen LogP contribution in [0.1, 0.15) is 57.4 Å². The van der Waals surface area contributed by atoms with Crippen LogP contribution in [0, 0.1) is 0 Å². The average Bonchev–Trinajstić information content (AvgIpc) is 3.14. The molecule has 1 aliphatic rings. The Hall–Kier alpha value is -3.42. The van der Waals surface area contributed by atoms with Crippen molar-refractivity contribution in [1.82, 2.24) is 9.78 Å². The molecule has 0 saturated carbocycles. The van der Waals surface area contributed by atoms with Crippen molar-refractivity contribution in [2.24, 2.45) is 0 Å². The van der Waals surface area contributed by atoms with Crippen molar-refractivity contribution in [2.45, 2.75) is 38.8 Å². The van der Waals surface area contributed by atoms with E-state index in [0.717, 1.165) is 6.42 Å². The molecule has 0 bridgehead atoms. The maximum absolute atomic E-state index is 13.4. The van der Waals surface area contributed by atoms with Gasteiger partial charge in [-0.05, 0) is 81.1 Å². The number of aromatic nitrogens is 2. The maximum atomic E-state index is 13.4. The molecule has 0 aliphatic heterocycles. The summed E-state index contributed by atoms with van der Waals surface area (Å²) in [7, 11) is 0. The molecule has 2 aromatic carbocycles. The summed E-state index contributed by atoms with van der Waals surface area (Å²) in [6.07, 6.45) is -2.05. The van der Waals surface area contributed by atoms with Crippen LogP contribution in [0.25, 0.3) is 5.69 Å². The minimum atomic E-state index is -4.50. The molecule has 1 N–H and O–H groups in total. The fraction of sp³-hybridized carbons (Fsp3) is 0.261. The van der Waals surface area contributed by atoms with E-state index in [0.29, 0.717) is 47.5 Å². The number of hydrogen-bond acceptors (Lipinski definition) is 3. The molecule has 8 heteroatoms. The summed E-state index contributed by atoms with van der Waals surface area (Å²) in [5.41, 5.74) is 1.96. The SMILES string of the molecule is CC(=O)c1ccc(NC(=O)c2ccc(-n3nc(C(F)(F)F)c4c3CCCC4)cc2)cc1. The number of nitrogens with one attached hydrogen (secondary N) is 1. The molecule has 0 unspecified atom stereocenters. The number of benzene rings is 2. The zero-order valence-corrected chi connectivity index (χ0v) is 16.8. The predicted molar refractivity (Wildman–Crippen MR) is 110 cm³/mol. The molecule has 4 rings (SSSR count). The molecule has 0 fully saturated rings. The molecule has 0 saturated heterocycles. The molecule has 0 spiro atoms. The van der Waals surface area contributed by atoms with E-state index in [-0.39, 0.29) is 17.3 Å². The second-order valence-corrected chi connectivity index (χ2v) is 7.53. The Morgan fingerprint density at radius 1 is 0.935 bits per heavy atom. The van der Waals surface area contributed by atoms with E-state index in [1.165, 1.54) is 11.6 Å². The van der Waals surface area contributed by atoms with Gasteiger partial charge >= 0.3 is 6.18 Å². The van der Waals surface area contributed by atoms with Gasteiger partial charge in [-0.1, -0.05) is 0 Å². The molecule has 31 heavy (non-hydrogen) atoms. The largest absolute Gasteiger partial charge is 0.435 e. The van der Waals surface area contributed by atoms with Crippen LogP contribution in [0.4, 0.5) is 18.9 Å². The number of Topliss-reactive ketones (excluding diaryl/α,β-unsaturated/α-hetero) is 1. The number of hydrogen-bond donors (Lipinski definition) is 1. The first-order valence-electron chi connectivity index (χ1n) is 9.95. The number of halogens is 3. The monoisotopic (exact) mass is 427 g/mol. The van der Waals surface area contributed by atoms with Gasteiger partial charge in [-0.2, -0.15) is 18.3 Å². The third kappa shape index (κ3) is 4.23. The highest BCUT2D eigenvalue weighted by atomic mass is 19.4. The van der Waals surface area contributed by atoms with Crippen molar-refractivity contribution in [2.75, 3.05) is 5.32 Å². The van der Waals surface area contributed by atoms with Crippen molar-refractivity contribution >= 4 is 17.4 Å². The number of ketones is 1. The van der Waals surface area contributed by atoms with Gasteiger partial charge in [0, 0.05) is 28.1 Å². The third-order valence-electron chi connectivity index (χ3n) is 5.37. The van der Waals surface area contributed by atoms with Gasteiger partial charge in [0.05, 0.1) is 5.69 Å². The van der Waals surface area contributed by atoms with E-state index < -0.39 is 11.9 Å². The summed E-state index contributed by atoms with van der Waals surface area (Å²) in [6, 6.07) is 12.8. The van der Waals surface area contributed by atoms with Gasteiger partial charge in [-0.25, -0.2) is 4.68 Å². The average molecular weight is 427 g/mol. The zero-order chi connectivity index (χ0) is 22.2. The number of carbonyl (C=O) groups is 2. The first-order chi connectivity index (χ1) is 14.7. The van der Waals surface area contributed by atoms with E-state index in [1.54, 1.807) is 48.5 Å². The van der Waals surface area contributed by atoms with Crippen LogP contribution in [0.2, 0.25) is 0 Å². The lowest BCUT2D eigenvalue weighted by atomic mass is 9.95. The minimum Gasteiger partial charge on any atom is -0.322 e. The molecule has 160 valence electrons. The number of carbonyl (C=O) groups excluding carboxylic acids is 2. The number of rotatable bonds is 4. The summed E-state index contributed by atoms with van der Waals surface area (Å²) in [5.74, 6) is -0.427. The molecule has 1 aromatic heterocycles. The van der Waals surface area contributed by atoms with Crippen LogP contribution < -0.4 is 5.32 Å². The lowest BCUT2D eigenvalue weighted by Crippen LogP contribution is -2.12. The molecule has 5 nitrogen and oxygen atoms in total. The van der Waals surface area contributed by atoms with E-state index >= 15 is 0 Å². The Labute approximate surface area is 176 Å². The fourth-order valence-electron chi connectivity index (χ4n) is 3.79. The molecule has 1 aliphatic carbocycles. The van der Waals surface area contributed by atoms with Crippen LogP contribution in [-0.4, -0.2) is 21.5 Å². The number of nitrogens with zero attached hydrogens (tertiary/aromatic N) is 2. The van der Waals surface area contributed by atoms with E-state index in [1.807, 2.05) is 0 Å². The molecule has 1 amide bonds. The standard InChI is InChI=1S/C23H20F3N3O2/c1-14(30)15-6-10-17(11-7-15)27-22(31)16-8-12-18(13-9-16)29-20-5-3-2-4-19(20)21(28-29)23(24,25)26/h6-13H,2-5H2,1H3,(H,27,31). The maximum Gasteiger partial charge on any atom is 0.435 e. The Balaban J connectivity index is 1.56. The summed E-state index contributed by atoms with van der Waals surface area (Å²) in [4.78, 5) is 23.8. The van der Waals surface area contributed by atoms with Crippen LogP contribution in [-0.2, 0) is 19.0 Å². The highest BCUT2D eigenvalue weighted by Gasteiger charge is 2.39. The lowest BCUT2D eigenvalue weighted by Gasteiger charge is -2.15. The molecular weight excluding hydrogens is 407 g/mol. The highest BCUT2D eigenvalue weighted by Crippen LogP contribution is 2.36. The Kier molecular flexibility index (Phi) is 5.39. The van der Waals surface area contributed by atoms with E-state index in [2.05, 4.69) is 10.4 Å². The molecule has 0 atom stereocenters. The molecule has 3 aromatic rings. The summed E-state index contributed by atoms with van der Waals surface area (Å²) in [5, 5.41) is 6.60. The van der Waals surface area contributed by atoms with Gasteiger partial charge in [0.2, 0.25) is 0 Å². The number of alkyl halides is 3. The highest BCUT2D eigenvalue weighted by molar-refractivity contribution is 6.04. The van der Waals surface area contributed by atoms with Gasteiger partial charge in [-0.15, -0.1) is 0 Å².